The van der Waals surface area contributed by atoms with Crippen LogP contribution in [-0.4, -0.2) is 11.7 Å². The predicted molar refractivity (Wildman–Crippen MR) is 98.8 cm³/mol. The van der Waals surface area contributed by atoms with Crippen molar-refractivity contribution in [1.29, 1.82) is 0 Å². The summed E-state index contributed by atoms with van der Waals surface area (Å²) in [5.41, 5.74) is 2.16. The molecule has 0 radical (unpaired) electrons. The second-order valence-corrected chi connectivity index (χ2v) is 7.63. The number of hydrogen-bond donors (Lipinski definition) is 1. The Bertz CT molecular complexity index is 850. The average Bonchev–Trinajstić information content (AvgIpc) is 3.24. The molecule has 1 aromatic carbocycles. The number of aryl methyl sites for hydroxylation is 1. The molecule has 0 saturated heterocycles. The molecular weight excluding hydrogens is 338 g/mol. The summed E-state index contributed by atoms with van der Waals surface area (Å²) in [6, 6.07) is 15.4. The van der Waals surface area contributed by atoms with Gasteiger partial charge in [0.15, 0.2) is 0 Å². The van der Waals surface area contributed by atoms with Crippen LogP contribution in [-0.2, 0) is 17.8 Å². The Hall–Kier alpha value is -2.24. The van der Waals surface area contributed by atoms with Crippen LogP contribution in [0.15, 0.2) is 53.9 Å². The number of nitrogens with one attached hydrogen (secondary N) is 1. The van der Waals surface area contributed by atoms with Crippen LogP contribution in [0.4, 0.5) is 0 Å². The molecule has 3 nitrogen and oxygen atoms in total. The lowest BCUT2D eigenvalue weighted by Gasteiger charge is -2.04. The van der Waals surface area contributed by atoms with Crippen LogP contribution < -0.4 is 5.32 Å². The fourth-order valence-corrected chi connectivity index (χ4v) is 4.02. The molecule has 0 saturated carbocycles. The highest BCUT2D eigenvalue weighted by Gasteiger charge is 2.13. The molecule has 0 unspecified atom stereocenters. The van der Waals surface area contributed by atoms with Gasteiger partial charge < -0.3 is 5.32 Å². The summed E-state index contributed by atoms with van der Waals surface area (Å²) in [6.45, 7) is 2.46. The molecule has 2 aromatic heterocycles. The summed E-state index contributed by atoms with van der Waals surface area (Å²) in [6.07, 6.45) is 0.369. The van der Waals surface area contributed by atoms with Crippen LogP contribution in [0.25, 0.3) is 0 Å². The Kier molecular flexibility index (Phi) is 5.23. The summed E-state index contributed by atoms with van der Waals surface area (Å²) in [7, 11) is 0. The summed E-state index contributed by atoms with van der Waals surface area (Å²) in [5, 5.41) is 4.81. The third kappa shape index (κ3) is 4.19. The maximum absolute atomic E-state index is 12.3. The third-order valence-corrected chi connectivity index (χ3v) is 5.49. The molecule has 1 N–H and O–H groups in total. The second kappa shape index (κ2) is 7.55. The molecule has 5 heteroatoms. The van der Waals surface area contributed by atoms with Gasteiger partial charge in [-0.1, -0.05) is 35.9 Å². The monoisotopic (exact) mass is 355 g/mol. The van der Waals surface area contributed by atoms with E-state index in [9.17, 15) is 9.59 Å². The van der Waals surface area contributed by atoms with Gasteiger partial charge in [-0.3, -0.25) is 9.59 Å². The zero-order valence-corrected chi connectivity index (χ0v) is 14.9. The highest BCUT2D eigenvalue weighted by molar-refractivity contribution is 7.16. The smallest absolute Gasteiger partial charge is 0.224 e. The number of thiophene rings is 2. The van der Waals surface area contributed by atoms with E-state index in [-0.39, 0.29) is 11.7 Å². The van der Waals surface area contributed by atoms with E-state index in [1.165, 1.54) is 22.7 Å². The van der Waals surface area contributed by atoms with Crippen molar-refractivity contribution in [1.82, 2.24) is 5.32 Å². The number of ketones is 1. The highest BCUT2D eigenvalue weighted by Crippen LogP contribution is 2.22. The summed E-state index contributed by atoms with van der Waals surface area (Å²) >= 11 is 2.88. The molecule has 3 rings (SSSR count). The number of rotatable bonds is 6. The molecule has 0 fully saturated rings. The molecule has 122 valence electrons. The Labute approximate surface area is 149 Å². The van der Waals surface area contributed by atoms with Gasteiger partial charge in [-0.2, -0.15) is 0 Å². The second-order valence-electron chi connectivity index (χ2n) is 5.51. The minimum atomic E-state index is -0.0138. The van der Waals surface area contributed by atoms with E-state index in [0.717, 1.165) is 20.9 Å². The Morgan fingerprint density at radius 2 is 1.92 bits per heavy atom. The first-order valence-corrected chi connectivity index (χ1v) is 9.30. The number of hydrogen-bond acceptors (Lipinski definition) is 4. The van der Waals surface area contributed by atoms with Gasteiger partial charge >= 0.3 is 0 Å². The number of benzene rings is 1. The summed E-state index contributed by atoms with van der Waals surface area (Å²) < 4.78 is 0. The fraction of sp³-hybridized carbons (Fsp3) is 0.158. The van der Waals surface area contributed by atoms with E-state index >= 15 is 0 Å². The Morgan fingerprint density at radius 3 is 2.67 bits per heavy atom. The first-order chi connectivity index (χ1) is 11.6. The lowest BCUT2D eigenvalue weighted by molar-refractivity contribution is -0.120. The van der Waals surface area contributed by atoms with E-state index in [0.29, 0.717) is 17.8 Å². The Morgan fingerprint density at radius 1 is 1.04 bits per heavy atom. The normalized spacial score (nSPS) is 10.5. The van der Waals surface area contributed by atoms with Crippen LogP contribution in [0.3, 0.4) is 0 Å². The van der Waals surface area contributed by atoms with Gasteiger partial charge in [0, 0.05) is 4.88 Å². The molecule has 0 aliphatic heterocycles. The highest BCUT2D eigenvalue weighted by atomic mass is 32.1. The van der Waals surface area contributed by atoms with Gasteiger partial charge in [-0.05, 0) is 36.1 Å². The lowest BCUT2D eigenvalue weighted by Crippen LogP contribution is -2.24. The molecule has 24 heavy (non-hydrogen) atoms. The van der Waals surface area contributed by atoms with Crippen molar-refractivity contribution in [2.45, 2.75) is 19.9 Å². The van der Waals surface area contributed by atoms with E-state index in [2.05, 4.69) is 5.32 Å². The Balaban J connectivity index is 1.55. The predicted octanol–water partition coefficient (Wildman–Crippen LogP) is 4.21. The quantitative estimate of drug-likeness (QED) is 0.673. The molecule has 0 aliphatic rings. The molecule has 2 heterocycles. The SMILES string of the molecule is Cc1cccc(CC(=O)NCc2ccc(C(=O)c3cccs3)s2)c1. The lowest BCUT2D eigenvalue weighted by atomic mass is 10.1. The van der Waals surface area contributed by atoms with Crippen LogP contribution in [0.5, 0.6) is 0 Å². The number of carbonyl (C=O) groups excluding carboxylic acids is 2. The van der Waals surface area contributed by atoms with Crippen molar-refractivity contribution in [2.75, 3.05) is 0 Å². The molecule has 1 amide bonds. The van der Waals surface area contributed by atoms with Crippen molar-refractivity contribution >= 4 is 34.4 Å². The summed E-state index contributed by atoms with van der Waals surface area (Å²) in [4.78, 5) is 26.7. The first kappa shape index (κ1) is 16.6. The maximum Gasteiger partial charge on any atom is 0.224 e. The van der Waals surface area contributed by atoms with Crippen LogP contribution in [0.1, 0.15) is 30.6 Å². The van der Waals surface area contributed by atoms with Crippen molar-refractivity contribution in [3.63, 3.8) is 0 Å². The van der Waals surface area contributed by atoms with Gasteiger partial charge in [0.1, 0.15) is 0 Å². The largest absolute Gasteiger partial charge is 0.351 e. The molecule has 0 aliphatic carbocycles. The van der Waals surface area contributed by atoms with Gasteiger partial charge in [-0.25, -0.2) is 0 Å². The van der Waals surface area contributed by atoms with E-state index in [1.54, 1.807) is 0 Å². The molecule has 0 bridgehead atoms. The van der Waals surface area contributed by atoms with Crippen molar-refractivity contribution in [2.24, 2.45) is 0 Å². The standard InChI is InChI=1S/C19H17NO2S2/c1-13-4-2-5-14(10-13)11-18(21)20-12-15-7-8-17(24-15)19(22)16-6-3-9-23-16/h2-10H,11-12H2,1H3,(H,20,21). The third-order valence-electron chi connectivity index (χ3n) is 3.54. The first-order valence-electron chi connectivity index (χ1n) is 7.61. The zero-order chi connectivity index (χ0) is 16.9. The van der Waals surface area contributed by atoms with Crippen LogP contribution >= 0.6 is 22.7 Å². The van der Waals surface area contributed by atoms with Gasteiger partial charge in [-0.15, -0.1) is 22.7 Å². The minimum absolute atomic E-state index is 0.0138. The van der Waals surface area contributed by atoms with E-state index < -0.39 is 0 Å². The topological polar surface area (TPSA) is 46.2 Å². The minimum Gasteiger partial charge on any atom is -0.351 e. The van der Waals surface area contributed by atoms with Crippen molar-refractivity contribution in [3.05, 3.63) is 79.7 Å². The summed E-state index contributed by atoms with van der Waals surface area (Å²) in [5.74, 6) is 0.0347. The van der Waals surface area contributed by atoms with Gasteiger partial charge in [0.25, 0.3) is 0 Å². The fourth-order valence-electron chi connectivity index (χ4n) is 2.38. The average molecular weight is 355 g/mol. The van der Waals surface area contributed by atoms with E-state index in [1.807, 2.05) is 60.8 Å². The molecule has 0 atom stereocenters. The number of carbonyl (C=O) groups is 2. The van der Waals surface area contributed by atoms with Crippen LogP contribution in [0.2, 0.25) is 0 Å². The van der Waals surface area contributed by atoms with Gasteiger partial charge in [0.2, 0.25) is 11.7 Å². The van der Waals surface area contributed by atoms with E-state index in [4.69, 9.17) is 0 Å². The molecule has 3 aromatic rings. The maximum atomic E-state index is 12.3. The van der Waals surface area contributed by atoms with Crippen LogP contribution in [0, 0.1) is 6.92 Å². The molecule has 0 spiro atoms. The number of amides is 1. The zero-order valence-electron chi connectivity index (χ0n) is 13.2. The van der Waals surface area contributed by atoms with Crippen molar-refractivity contribution in [3.8, 4) is 0 Å². The van der Waals surface area contributed by atoms with Gasteiger partial charge in [0.05, 0.1) is 22.7 Å². The molecular formula is C19H17NO2S2. The van der Waals surface area contributed by atoms with Crippen molar-refractivity contribution < 1.29 is 9.59 Å².